The van der Waals surface area contributed by atoms with Gasteiger partial charge in [0.1, 0.15) is 12.2 Å². The fraction of sp³-hybridized carbons (Fsp3) is 1.00. The molecule has 0 amide bonds. The number of ether oxygens (including phenoxy) is 1. The van der Waals surface area contributed by atoms with Gasteiger partial charge in [-0.25, -0.2) is 0 Å². The first kappa shape index (κ1) is 6.01. The molecule has 0 aromatic carbocycles. The Balaban J connectivity index is 2.44. The maximum absolute atomic E-state index is 8.89. The van der Waals surface area contributed by atoms with Crippen molar-refractivity contribution in [3.05, 3.63) is 0 Å². The fourth-order valence-electron chi connectivity index (χ4n) is 0.760. The van der Waals surface area contributed by atoms with Crippen LogP contribution in [0.4, 0.5) is 0 Å². The molecule has 3 nitrogen and oxygen atoms in total. The molecule has 8 heavy (non-hydrogen) atoms. The fourth-order valence-corrected chi connectivity index (χ4v) is 0.760. The number of aliphatic hydroxyl groups is 2. The van der Waals surface area contributed by atoms with E-state index in [-0.39, 0.29) is 12.7 Å². The Morgan fingerprint density at radius 3 is 2.25 bits per heavy atom. The van der Waals surface area contributed by atoms with Crippen LogP contribution in [0, 0.1) is 0 Å². The summed E-state index contributed by atoms with van der Waals surface area (Å²) < 4.78 is 4.88. The monoisotopic (exact) mass is 118 g/mol. The highest BCUT2D eigenvalue weighted by Crippen LogP contribution is 2.12. The molecule has 1 saturated heterocycles. The minimum absolute atomic E-state index is 0.204. The van der Waals surface area contributed by atoms with Crippen LogP contribution in [0.15, 0.2) is 0 Å². The van der Waals surface area contributed by atoms with Gasteiger partial charge in [-0.15, -0.1) is 0 Å². The average Bonchev–Trinajstić information content (AvgIpc) is 1.98. The predicted molar refractivity (Wildman–Crippen MR) is 27.4 cm³/mol. The van der Waals surface area contributed by atoms with E-state index in [9.17, 15) is 0 Å². The molecular formula is C5H10O3. The molecule has 0 aliphatic carbocycles. The van der Waals surface area contributed by atoms with E-state index in [1.165, 1.54) is 0 Å². The Morgan fingerprint density at radius 1 is 1.50 bits per heavy atom. The molecule has 0 saturated carbocycles. The normalized spacial score (nSPS) is 47.6. The lowest BCUT2D eigenvalue weighted by Crippen LogP contribution is -2.27. The molecule has 3 heteroatoms. The molecule has 0 radical (unpaired) electrons. The molecule has 1 unspecified atom stereocenters. The van der Waals surface area contributed by atoms with E-state index in [1.807, 2.05) is 0 Å². The summed E-state index contributed by atoms with van der Waals surface area (Å²) in [6, 6.07) is 0. The first-order valence-electron chi connectivity index (χ1n) is 2.69. The summed E-state index contributed by atoms with van der Waals surface area (Å²) in [5, 5.41) is 17.7. The van der Waals surface area contributed by atoms with Crippen molar-refractivity contribution >= 4 is 0 Å². The van der Waals surface area contributed by atoms with Gasteiger partial charge in [0.2, 0.25) is 0 Å². The standard InChI is InChI=1S/C5H10O3/c1-3-5(7)4(6)2-8-3/h3-7H,2H2,1H3/t3-,4-,5?/m1/s1. The first-order valence-corrected chi connectivity index (χ1v) is 2.69. The van der Waals surface area contributed by atoms with Gasteiger partial charge in [0.25, 0.3) is 0 Å². The SMILES string of the molecule is C[C@H]1OC[C@@H](O)C1O. The quantitative estimate of drug-likeness (QED) is 0.434. The largest absolute Gasteiger partial charge is 0.388 e. The third-order valence-corrected chi connectivity index (χ3v) is 1.41. The zero-order valence-corrected chi connectivity index (χ0v) is 4.74. The van der Waals surface area contributed by atoms with Gasteiger partial charge in [-0.05, 0) is 6.92 Å². The lowest BCUT2D eigenvalue weighted by atomic mass is 10.2. The third kappa shape index (κ3) is 0.844. The van der Waals surface area contributed by atoms with E-state index < -0.39 is 12.2 Å². The van der Waals surface area contributed by atoms with Crippen LogP contribution < -0.4 is 0 Å². The molecular weight excluding hydrogens is 108 g/mol. The van der Waals surface area contributed by atoms with Crippen LogP contribution in [0.25, 0.3) is 0 Å². The Labute approximate surface area is 47.9 Å². The molecule has 0 bridgehead atoms. The van der Waals surface area contributed by atoms with Crippen molar-refractivity contribution in [3.63, 3.8) is 0 Å². The lowest BCUT2D eigenvalue weighted by molar-refractivity contribution is 0.0318. The number of hydrogen-bond acceptors (Lipinski definition) is 3. The van der Waals surface area contributed by atoms with Gasteiger partial charge in [-0.1, -0.05) is 0 Å². The molecule has 3 atom stereocenters. The molecule has 48 valence electrons. The highest BCUT2D eigenvalue weighted by molar-refractivity contribution is 4.79. The minimum atomic E-state index is -0.685. The average molecular weight is 118 g/mol. The Hall–Kier alpha value is -0.120. The molecule has 1 rings (SSSR count). The molecule has 0 aromatic rings. The number of hydrogen-bond donors (Lipinski definition) is 2. The summed E-state index contributed by atoms with van der Waals surface area (Å²) in [5.74, 6) is 0. The van der Waals surface area contributed by atoms with E-state index in [2.05, 4.69) is 0 Å². The second kappa shape index (κ2) is 2.01. The van der Waals surface area contributed by atoms with Crippen molar-refractivity contribution in [2.45, 2.75) is 25.2 Å². The van der Waals surface area contributed by atoms with Crippen molar-refractivity contribution < 1.29 is 14.9 Å². The Kier molecular flexibility index (Phi) is 1.51. The first-order chi connectivity index (χ1) is 3.72. The summed E-state index contributed by atoms with van der Waals surface area (Å²) in [5.41, 5.74) is 0. The molecule has 1 aliphatic heterocycles. The molecule has 1 fully saturated rings. The zero-order chi connectivity index (χ0) is 6.15. The summed E-state index contributed by atoms with van der Waals surface area (Å²) >= 11 is 0. The molecule has 0 spiro atoms. The third-order valence-electron chi connectivity index (χ3n) is 1.41. The topological polar surface area (TPSA) is 49.7 Å². The van der Waals surface area contributed by atoms with Gasteiger partial charge in [0.05, 0.1) is 12.7 Å². The second-order valence-corrected chi connectivity index (χ2v) is 2.10. The molecule has 2 N–H and O–H groups in total. The van der Waals surface area contributed by atoms with Crippen molar-refractivity contribution in [1.29, 1.82) is 0 Å². The van der Waals surface area contributed by atoms with E-state index in [1.54, 1.807) is 6.92 Å². The summed E-state index contributed by atoms with van der Waals surface area (Å²) in [6.45, 7) is 2.00. The van der Waals surface area contributed by atoms with Crippen molar-refractivity contribution in [3.8, 4) is 0 Å². The van der Waals surface area contributed by atoms with Crippen molar-refractivity contribution in [2.24, 2.45) is 0 Å². The van der Waals surface area contributed by atoms with E-state index >= 15 is 0 Å². The lowest BCUT2D eigenvalue weighted by Gasteiger charge is -2.07. The van der Waals surface area contributed by atoms with Crippen LogP contribution in [-0.4, -0.2) is 35.1 Å². The van der Waals surface area contributed by atoms with Crippen LogP contribution in [-0.2, 0) is 4.74 Å². The van der Waals surface area contributed by atoms with Gasteiger partial charge in [-0.2, -0.15) is 0 Å². The van der Waals surface area contributed by atoms with Crippen LogP contribution >= 0.6 is 0 Å². The molecule has 1 aliphatic rings. The highest BCUT2D eigenvalue weighted by Gasteiger charge is 2.30. The zero-order valence-electron chi connectivity index (χ0n) is 4.74. The number of aliphatic hydroxyl groups excluding tert-OH is 2. The maximum Gasteiger partial charge on any atom is 0.108 e. The van der Waals surface area contributed by atoms with Crippen LogP contribution in [0.2, 0.25) is 0 Å². The summed E-state index contributed by atoms with van der Waals surface area (Å²) in [7, 11) is 0. The van der Waals surface area contributed by atoms with Gasteiger partial charge in [-0.3, -0.25) is 0 Å². The van der Waals surface area contributed by atoms with Gasteiger partial charge in [0, 0.05) is 0 Å². The Morgan fingerprint density at radius 2 is 2.12 bits per heavy atom. The van der Waals surface area contributed by atoms with Crippen LogP contribution in [0.5, 0.6) is 0 Å². The van der Waals surface area contributed by atoms with Gasteiger partial charge >= 0.3 is 0 Å². The van der Waals surface area contributed by atoms with E-state index in [4.69, 9.17) is 14.9 Å². The predicted octanol–water partition coefficient (Wildman–Crippen LogP) is -0.873. The highest BCUT2D eigenvalue weighted by atomic mass is 16.5. The van der Waals surface area contributed by atoms with Crippen molar-refractivity contribution in [1.82, 2.24) is 0 Å². The van der Waals surface area contributed by atoms with E-state index in [0.29, 0.717) is 0 Å². The summed E-state index contributed by atoms with van der Waals surface area (Å²) in [6.07, 6.45) is -1.56. The van der Waals surface area contributed by atoms with Gasteiger partial charge < -0.3 is 14.9 Å². The van der Waals surface area contributed by atoms with Crippen LogP contribution in [0.3, 0.4) is 0 Å². The van der Waals surface area contributed by atoms with E-state index in [0.717, 1.165) is 0 Å². The maximum atomic E-state index is 8.89. The van der Waals surface area contributed by atoms with Crippen molar-refractivity contribution in [2.75, 3.05) is 6.61 Å². The molecule has 0 aromatic heterocycles. The van der Waals surface area contributed by atoms with Crippen LogP contribution in [0.1, 0.15) is 6.92 Å². The smallest absolute Gasteiger partial charge is 0.108 e. The minimum Gasteiger partial charge on any atom is -0.388 e. The Bertz CT molecular complexity index is 73.7. The second-order valence-electron chi connectivity index (χ2n) is 2.10. The molecule has 1 heterocycles. The number of rotatable bonds is 0. The summed E-state index contributed by atoms with van der Waals surface area (Å²) in [4.78, 5) is 0. The van der Waals surface area contributed by atoms with Gasteiger partial charge in [0.15, 0.2) is 0 Å².